The molecule has 2 nitrogen and oxygen atoms in total. The van der Waals surface area contributed by atoms with E-state index in [1.165, 1.54) is 75.1 Å². The van der Waals surface area contributed by atoms with Crippen molar-refractivity contribution in [3.63, 3.8) is 0 Å². The van der Waals surface area contributed by atoms with Crippen LogP contribution >= 0.6 is 0 Å². The Kier molecular flexibility index (Phi) is 9.55. The SMILES string of the molecule is C=C(C)CCCC1CCC(Cn2nc(-c3ccccc3)c(-c3cccc(F)c3)c2CCCCC)CC1. The van der Waals surface area contributed by atoms with Gasteiger partial charge in [0.15, 0.2) is 0 Å². The van der Waals surface area contributed by atoms with Gasteiger partial charge in [-0.05, 0) is 75.0 Å². The number of rotatable bonds is 12. The third-order valence-electron chi connectivity index (χ3n) is 7.85. The molecule has 3 aromatic rings. The lowest BCUT2D eigenvalue weighted by Gasteiger charge is -2.29. The smallest absolute Gasteiger partial charge is 0.123 e. The highest BCUT2D eigenvalue weighted by Crippen LogP contribution is 2.38. The molecule has 1 fully saturated rings. The third-order valence-corrected chi connectivity index (χ3v) is 7.85. The van der Waals surface area contributed by atoms with Crippen LogP contribution in [0.5, 0.6) is 0 Å². The van der Waals surface area contributed by atoms with Crippen LogP contribution in [0.15, 0.2) is 66.7 Å². The fourth-order valence-corrected chi connectivity index (χ4v) is 5.83. The number of halogens is 1. The van der Waals surface area contributed by atoms with Crippen LogP contribution in [0.2, 0.25) is 0 Å². The summed E-state index contributed by atoms with van der Waals surface area (Å²) in [6.45, 7) is 9.41. The molecule has 1 aliphatic carbocycles. The second-order valence-electron chi connectivity index (χ2n) is 10.9. The van der Waals surface area contributed by atoms with Crippen LogP contribution < -0.4 is 0 Å². The van der Waals surface area contributed by atoms with Crippen LogP contribution in [0.4, 0.5) is 4.39 Å². The second kappa shape index (κ2) is 13.0. The highest BCUT2D eigenvalue weighted by Gasteiger charge is 2.25. The maximum absolute atomic E-state index is 14.3. The van der Waals surface area contributed by atoms with Gasteiger partial charge >= 0.3 is 0 Å². The molecule has 1 heterocycles. The zero-order valence-electron chi connectivity index (χ0n) is 22.3. The largest absolute Gasteiger partial charge is 0.268 e. The number of aromatic nitrogens is 2. The van der Waals surface area contributed by atoms with Crippen molar-refractivity contribution in [2.45, 2.75) is 91.0 Å². The lowest BCUT2D eigenvalue weighted by molar-refractivity contribution is 0.233. The van der Waals surface area contributed by atoms with E-state index in [2.05, 4.69) is 49.4 Å². The van der Waals surface area contributed by atoms with E-state index in [4.69, 9.17) is 5.10 Å². The Labute approximate surface area is 217 Å². The summed E-state index contributed by atoms with van der Waals surface area (Å²) >= 11 is 0. The van der Waals surface area contributed by atoms with Crippen molar-refractivity contribution in [1.82, 2.24) is 9.78 Å². The molecule has 0 amide bonds. The standard InChI is InChI=1S/C33H43FN2/c1-4-5-7-18-31-32(29-16-11-17-30(34)23-29)33(28-14-8-6-9-15-28)35-36(31)24-27-21-19-26(20-22-27)13-10-12-25(2)3/h6,8-9,11,14-17,23,26-27H,2,4-5,7,10,12-13,18-22,24H2,1,3H3. The highest BCUT2D eigenvalue weighted by molar-refractivity contribution is 5.82. The molecule has 1 aliphatic rings. The van der Waals surface area contributed by atoms with E-state index in [0.717, 1.165) is 47.7 Å². The monoisotopic (exact) mass is 486 g/mol. The first-order valence-electron chi connectivity index (χ1n) is 14.1. The van der Waals surface area contributed by atoms with E-state index in [9.17, 15) is 4.39 Å². The first-order chi connectivity index (χ1) is 17.5. The Balaban J connectivity index is 1.61. The van der Waals surface area contributed by atoms with Gasteiger partial charge in [-0.3, -0.25) is 4.68 Å². The van der Waals surface area contributed by atoms with Gasteiger partial charge in [0.05, 0.1) is 0 Å². The zero-order chi connectivity index (χ0) is 25.3. The fourth-order valence-electron chi connectivity index (χ4n) is 5.83. The molecule has 3 heteroatoms. The van der Waals surface area contributed by atoms with Crippen molar-refractivity contribution in [3.05, 3.63) is 78.3 Å². The van der Waals surface area contributed by atoms with E-state index >= 15 is 0 Å². The highest BCUT2D eigenvalue weighted by atomic mass is 19.1. The van der Waals surface area contributed by atoms with Crippen LogP contribution in [-0.2, 0) is 13.0 Å². The van der Waals surface area contributed by atoms with Gasteiger partial charge in [-0.15, -0.1) is 6.58 Å². The molecular formula is C33H43FN2. The predicted octanol–water partition coefficient (Wildman–Crippen LogP) is 9.64. The predicted molar refractivity (Wildman–Crippen MR) is 150 cm³/mol. The summed E-state index contributed by atoms with van der Waals surface area (Å²) in [6, 6.07) is 17.5. The van der Waals surface area contributed by atoms with Gasteiger partial charge in [0, 0.05) is 23.4 Å². The summed E-state index contributed by atoms with van der Waals surface area (Å²) in [7, 11) is 0. The Morgan fingerprint density at radius 3 is 2.36 bits per heavy atom. The third kappa shape index (κ3) is 6.96. The first-order valence-corrected chi connectivity index (χ1v) is 14.1. The Hall–Kier alpha value is -2.68. The molecule has 0 radical (unpaired) electrons. The molecule has 0 aliphatic heterocycles. The Morgan fingerprint density at radius 1 is 0.944 bits per heavy atom. The van der Waals surface area contributed by atoms with Crippen LogP contribution in [0.25, 0.3) is 22.4 Å². The number of hydrogen-bond donors (Lipinski definition) is 0. The molecule has 0 unspecified atom stereocenters. The molecule has 4 rings (SSSR count). The minimum absolute atomic E-state index is 0.191. The summed E-state index contributed by atoms with van der Waals surface area (Å²) in [5.74, 6) is 1.34. The fraction of sp³-hybridized carbons (Fsp3) is 0.485. The summed E-state index contributed by atoms with van der Waals surface area (Å²) in [5, 5.41) is 5.23. The lowest BCUT2D eigenvalue weighted by atomic mass is 9.79. The van der Waals surface area contributed by atoms with E-state index in [-0.39, 0.29) is 5.82 Å². The van der Waals surface area contributed by atoms with Gasteiger partial charge in [0.1, 0.15) is 11.5 Å². The van der Waals surface area contributed by atoms with E-state index in [1.54, 1.807) is 6.07 Å². The van der Waals surface area contributed by atoms with Gasteiger partial charge in [-0.25, -0.2) is 4.39 Å². The van der Waals surface area contributed by atoms with Crippen LogP contribution in [0.1, 0.15) is 83.7 Å². The average Bonchev–Trinajstić information content (AvgIpc) is 3.23. The second-order valence-corrected chi connectivity index (χ2v) is 10.9. The molecule has 0 saturated heterocycles. The van der Waals surface area contributed by atoms with Crippen LogP contribution in [0.3, 0.4) is 0 Å². The van der Waals surface area contributed by atoms with Gasteiger partial charge in [0.25, 0.3) is 0 Å². The number of benzene rings is 2. The molecule has 0 N–H and O–H groups in total. The first kappa shape index (κ1) is 26.4. The molecule has 36 heavy (non-hydrogen) atoms. The van der Waals surface area contributed by atoms with E-state index in [0.29, 0.717) is 5.92 Å². The Morgan fingerprint density at radius 2 is 1.67 bits per heavy atom. The molecule has 0 spiro atoms. The van der Waals surface area contributed by atoms with E-state index in [1.807, 2.05) is 18.2 Å². The molecule has 192 valence electrons. The minimum atomic E-state index is -0.191. The van der Waals surface area contributed by atoms with Crippen molar-refractivity contribution in [1.29, 1.82) is 0 Å². The van der Waals surface area contributed by atoms with Crippen LogP contribution in [-0.4, -0.2) is 9.78 Å². The maximum atomic E-state index is 14.3. The number of nitrogens with zero attached hydrogens (tertiary/aromatic N) is 2. The molecule has 0 bridgehead atoms. The summed E-state index contributed by atoms with van der Waals surface area (Å²) in [5.41, 5.74) is 6.73. The number of allylic oxidation sites excluding steroid dienone is 1. The average molecular weight is 487 g/mol. The van der Waals surface area contributed by atoms with Gasteiger partial charge < -0.3 is 0 Å². The molecule has 2 aromatic carbocycles. The normalized spacial score (nSPS) is 17.9. The minimum Gasteiger partial charge on any atom is -0.268 e. The molecule has 1 aromatic heterocycles. The lowest BCUT2D eigenvalue weighted by Crippen LogP contribution is -2.21. The van der Waals surface area contributed by atoms with Crippen molar-refractivity contribution >= 4 is 0 Å². The zero-order valence-corrected chi connectivity index (χ0v) is 22.3. The van der Waals surface area contributed by atoms with Crippen molar-refractivity contribution < 1.29 is 4.39 Å². The quantitative estimate of drug-likeness (QED) is 0.184. The summed E-state index contributed by atoms with van der Waals surface area (Å²) in [6.07, 6.45) is 13.5. The van der Waals surface area contributed by atoms with Gasteiger partial charge in [0.2, 0.25) is 0 Å². The summed E-state index contributed by atoms with van der Waals surface area (Å²) < 4.78 is 16.6. The molecular weight excluding hydrogens is 443 g/mol. The van der Waals surface area contributed by atoms with Crippen molar-refractivity contribution in [3.8, 4) is 22.4 Å². The summed E-state index contributed by atoms with van der Waals surface area (Å²) in [4.78, 5) is 0. The van der Waals surface area contributed by atoms with Crippen LogP contribution in [0, 0.1) is 17.7 Å². The number of unbranched alkanes of at least 4 members (excludes halogenated alkanes) is 2. The van der Waals surface area contributed by atoms with E-state index < -0.39 is 0 Å². The van der Waals surface area contributed by atoms with Crippen molar-refractivity contribution in [2.75, 3.05) is 0 Å². The Bertz CT molecular complexity index is 1110. The maximum Gasteiger partial charge on any atom is 0.123 e. The molecule has 1 saturated carbocycles. The topological polar surface area (TPSA) is 17.8 Å². The van der Waals surface area contributed by atoms with Gasteiger partial charge in [-0.2, -0.15) is 5.10 Å². The number of hydrogen-bond acceptors (Lipinski definition) is 1. The molecule has 0 atom stereocenters. The van der Waals surface area contributed by atoms with Gasteiger partial charge in [-0.1, -0.05) is 87.1 Å². The van der Waals surface area contributed by atoms with Crippen molar-refractivity contribution in [2.24, 2.45) is 11.8 Å².